The van der Waals surface area contributed by atoms with Crippen LogP contribution in [0.5, 0.6) is 0 Å². The standard InChI is InChI=1S/C17H35N5.HI/c1-5-18-17(20-15(4)7-6-14(2)3)19-12-16-13-21-8-10-22(16)11-9-21;/h14-16H,5-13H2,1-4H3,(H2,18,19,20);1H. The molecule has 0 aromatic carbocycles. The van der Waals surface area contributed by atoms with Gasteiger partial charge in [-0.1, -0.05) is 13.8 Å². The second-order valence-electron chi connectivity index (χ2n) is 7.23. The van der Waals surface area contributed by atoms with Gasteiger partial charge < -0.3 is 10.6 Å². The number of aliphatic imine (C=N–C) groups is 1. The van der Waals surface area contributed by atoms with Crippen molar-refractivity contribution in [2.24, 2.45) is 10.9 Å². The Balaban J connectivity index is 0.00000264. The van der Waals surface area contributed by atoms with E-state index < -0.39 is 0 Å². The van der Waals surface area contributed by atoms with Gasteiger partial charge in [-0.25, -0.2) is 0 Å². The molecule has 23 heavy (non-hydrogen) atoms. The molecular formula is C17H36IN5. The summed E-state index contributed by atoms with van der Waals surface area (Å²) in [6, 6.07) is 1.08. The summed E-state index contributed by atoms with van der Waals surface area (Å²) in [6.45, 7) is 16.9. The van der Waals surface area contributed by atoms with Crippen LogP contribution in [0.4, 0.5) is 0 Å². The number of hydrogen-bond donors (Lipinski definition) is 2. The molecule has 3 saturated heterocycles. The van der Waals surface area contributed by atoms with Crippen LogP contribution < -0.4 is 10.6 Å². The highest BCUT2D eigenvalue weighted by Gasteiger charge is 2.31. The van der Waals surface area contributed by atoms with Crippen molar-refractivity contribution in [2.75, 3.05) is 45.8 Å². The van der Waals surface area contributed by atoms with E-state index in [1.54, 1.807) is 0 Å². The van der Waals surface area contributed by atoms with E-state index >= 15 is 0 Å². The molecule has 2 unspecified atom stereocenters. The molecule has 3 heterocycles. The summed E-state index contributed by atoms with van der Waals surface area (Å²) in [5.41, 5.74) is 0. The molecule has 0 aliphatic carbocycles. The van der Waals surface area contributed by atoms with Gasteiger partial charge in [-0.2, -0.15) is 0 Å². The van der Waals surface area contributed by atoms with Gasteiger partial charge in [0.1, 0.15) is 0 Å². The van der Waals surface area contributed by atoms with Crippen LogP contribution in [0.2, 0.25) is 0 Å². The lowest BCUT2D eigenvalue weighted by Gasteiger charge is -2.47. The Kier molecular flexibility index (Phi) is 9.77. The molecule has 2 N–H and O–H groups in total. The smallest absolute Gasteiger partial charge is 0.191 e. The summed E-state index contributed by atoms with van der Waals surface area (Å²) >= 11 is 0. The number of fused-ring (bicyclic) bond motifs is 3. The van der Waals surface area contributed by atoms with Crippen molar-refractivity contribution < 1.29 is 0 Å². The van der Waals surface area contributed by atoms with Crippen molar-refractivity contribution in [1.82, 2.24) is 20.4 Å². The number of guanidine groups is 1. The van der Waals surface area contributed by atoms with Crippen LogP contribution in [-0.4, -0.2) is 73.7 Å². The van der Waals surface area contributed by atoms with E-state index in [0.29, 0.717) is 12.1 Å². The molecule has 3 aliphatic rings. The van der Waals surface area contributed by atoms with Crippen LogP contribution in [0.15, 0.2) is 4.99 Å². The quantitative estimate of drug-likeness (QED) is 0.363. The van der Waals surface area contributed by atoms with Gasteiger partial charge in [-0.05, 0) is 32.6 Å². The fourth-order valence-electron chi connectivity index (χ4n) is 3.30. The lowest BCUT2D eigenvalue weighted by Crippen LogP contribution is -2.62. The minimum Gasteiger partial charge on any atom is -0.357 e. The van der Waals surface area contributed by atoms with E-state index in [0.717, 1.165) is 25.0 Å². The molecule has 2 bridgehead atoms. The van der Waals surface area contributed by atoms with E-state index in [2.05, 4.69) is 48.1 Å². The van der Waals surface area contributed by atoms with Crippen LogP contribution in [0.3, 0.4) is 0 Å². The van der Waals surface area contributed by atoms with Crippen LogP contribution in [0.25, 0.3) is 0 Å². The van der Waals surface area contributed by atoms with E-state index in [1.807, 2.05) is 0 Å². The maximum atomic E-state index is 4.85. The van der Waals surface area contributed by atoms with Crippen LogP contribution in [0, 0.1) is 5.92 Å². The van der Waals surface area contributed by atoms with Crippen molar-refractivity contribution in [3.63, 3.8) is 0 Å². The van der Waals surface area contributed by atoms with E-state index in [9.17, 15) is 0 Å². The van der Waals surface area contributed by atoms with Crippen LogP contribution in [0.1, 0.15) is 40.5 Å². The molecular weight excluding hydrogens is 401 g/mol. The monoisotopic (exact) mass is 437 g/mol. The van der Waals surface area contributed by atoms with Gasteiger partial charge in [0.15, 0.2) is 5.96 Å². The number of nitrogens with one attached hydrogen (secondary N) is 2. The van der Waals surface area contributed by atoms with Gasteiger partial charge >= 0.3 is 0 Å². The Morgan fingerprint density at radius 3 is 2.35 bits per heavy atom. The molecule has 0 aromatic rings. The Hall–Kier alpha value is -0.0800. The fourth-order valence-corrected chi connectivity index (χ4v) is 3.30. The molecule has 0 spiro atoms. The number of hydrogen-bond acceptors (Lipinski definition) is 3. The molecule has 136 valence electrons. The molecule has 5 nitrogen and oxygen atoms in total. The molecule has 2 atom stereocenters. The molecule has 3 aliphatic heterocycles. The fraction of sp³-hybridized carbons (Fsp3) is 0.941. The topological polar surface area (TPSA) is 42.9 Å². The SMILES string of the molecule is CCNC(=NCC1CN2CCN1CC2)NC(C)CCC(C)C.I. The van der Waals surface area contributed by atoms with Crippen molar-refractivity contribution in [3.05, 3.63) is 0 Å². The Labute approximate surface area is 159 Å². The first kappa shape index (κ1) is 21.0. The zero-order chi connectivity index (χ0) is 15.9. The zero-order valence-electron chi connectivity index (χ0n) is 15.3. The van der Waals surface area contributed by atoms with Crippen molar-refractivity contribution in [3.8, 4) is 0 Å². The third-order valence-corrected chi connectivity index (χ3v) is 4.76. The van der Waals surface area contributed by atoms with Gasteiger partial charge in [-0.3, -0.25) is 14.8 Å². The third kappa shape index (κ3) is 7.13. The number of piperazine rings is 3. The average molecular weight is 437 g/mol. The van der Waals surface area contributed by atoms with E-state index in [4.69, 9.17) is 4.99 Å². The van der Waals surface area contributed by atoms with E-state index in [1.165, 1.54) is 45.6 Å². The van der Waals surface area contributed by atoms with Crippen molar-refractivity contribution >= 4 is 29.9 Å². The first-order valence-electron chi connectivity index (χ1n) is 9.09. The summed E-state index contributed by atoms with van der Waals surface area (Å²) in [4.78, 5) is 10.0. The van der Waals surface area contributed by atoms with E-state index in [-0.39, 0.29) is 24.0 Å². The second-order valence-corrected chi connectivity index (χ2v) is 7.23. The maximum absolute atomic E-state index is 4.85. The lowest BCUT2D eigenvalue weighted by molar-refractivity contribution is 0.0174. The predicted molar refractivity (Wildman–Crippen MR) is 110 cm³/mol. The van der Waals surface area contributed by atoms with Gasteiger partial charge in [0.2, 0.25) is 0 Å². The molecule has 0 saturated carbocycles. The minimum atomic E-state index is 0. The van der Waals surface area contributed by atoms with Gasteiger partial charge in [0.05, 0.1) is 6.54 Å². The average Bonchev–Trinajstić information content (AvgIpc) is 2.52. The zero-order valence-corrected chi connectivity index (χ0v) is 17.7. The highest BCUT2D eigenvalue weighted by molar-refractivity contribution is 14.0. The van der Waals surface area contributed by atoms with Gasteiger partial charge in [0.25, 0.3) is 0 Å². The number of halogens is 1. The molecule has 0 amide bonds. The van der Waals surface area contributed by atoms with Gasteiger partial charge in [-0.15, -0.1) is 24.0 Å². The molecule has 0 aromatic heterocycles. The number of rotatable bonds is 7. The maximum Gasteiger partial charge on any atom is 0.191 e. The predicted octanol–water partition coefficient (Wildman–Crippen LogP) is 1.98. The minimum absolute atomic E-state index is 0. The summed E-state index contributed by atoms with van der Waals surface area (Å²) in [5.74, 6) is 1.75. The molecule has 3 fully saturated rings. The van der Waals surface area contributed by atoms with Crippen molar-refractivity contribution in [1.29, 1.82) is 0 Å². The molecule has 3 rings (SSSR count). The Bertz CT molecular complexity index is 353. The van der Waals surface area contributed by atoms with Crippen LogP contribution in [-0.2, 0) is 0 Å². The summed E-state index contributed by atoms with van der Waals surface area (Å²) < 4.78 is 0. The highest BCUT2D eigenvalue weighted by Crippen LogP contribution is 2.15. The number of nitrogens with zero attached hydrogens (tertiary/aromatic N) is 3. The molecule has 0 radical (unpaired) electrons. The first-order valence-corrected chi connectivity index (χ1v) is 9.09. The second kappa shape index (κ2) is 10.7. The summed E-state index contributed by atoms with van der Waals surface area (Å²) in [6.07, 6.45) is 2.46. The highest BCUT2D eigenvalue weighted by atomic mass is 127. The largest absolute Gasteiger partial charge is 0.357 e. The Morgan fingerprint density at radius 2 is 1.83 bits per heavy atom. The van der Waals surface area contributed by atoms with Crippen molar-refractivity contribution in [2.45, 2.75) is 52.6 Å². The lowest BCUT2D eigenvalue weighted by atomic mass is 10.0. The Morgan fingerprint density at radius 1 is 1.13 bits per heavy atom. The normalized spacial score (nSPS) is 28.4. The first-order chi connectivity index (χ1) is 10.6. The summed E-state index contributed by atoms with van der Waals surface area (Å²) in [5, 5.41) is 6.96. The van der Waals surface area contributed by atoms with Gasteiger partial charge in [0, 0.05) is 51.4 Å². The van der Waals surface area contributed by atoms with Crippen LogP contribution >= 0.6 is 24.0 Å². The molecule has 6 heteroatoms. The summed E-state index contributed by atoms with van der Waals surface area (Å²) in [7, 11) is 0. The third-order valence-electron chi connectivity index (χ3n) is 4.76.